The maximum Gasteiger partial charge on any atom is 0.131 e. The molecule has 1 aromatic rings. The standard InChI is InChI=1S/C14H23FN2O2/c1-5-19-14(9(2)3)13(17-16)11-7-6-10(18-4)8-12(11)15/h6-9,13-14,17H,5,16H2,1-4H3. The lowest BCUT2D eigenvalue weighted by Crippen LogP contribution is -2.41. The van der Waals surface area contributed by atoms with Crippen LogP contribution in [0.3, 0.4) is 0 Å². The Balaban J connectivity index is 3.07. The maximum absolute atomic E-state index is 14.1. The van der Waals surface area contributed by atoms with E-state index >= 15 is 0 Å². The van der Waals surface area contributed by atoms with E-state index in [1.54, 1.807) is 12.1 Å². The van der Waals surface area contributed by atoms with Crippen molar-refractivity contribution in [2.45, 2.75) is 32.9 Å². The summed E-state index contributed by atoms with van der Waals surface area (Å²) in [5.41, 5.74) is 3.14. The van der Waals surface area contributed by atoms with Crippen molar-refractivity contribution in [1.29, 1.82) is 0 Å². The number of hydrogen-bond acceptors (Lipinski definition) is 4. The molecule has 0 fully saturated rings. The number of rotatable bonds is 7. The number of benzene rings is 1. The van der Waals surface area contributed by atoms with Gasteiger partial charge in [0.1, 0.15) is 11.6 Å². The van der Waals surface area contributed by atoms with E-state index < -0.39 is 6.04 Å². The van der Waals surface area contributed by atoms with Crippen molar-refractivity contribution in [3.05, 3.63) is 29.6 Å². The SMILES string of the molecule is CCOC(C(C)C)C(NN)c1ccc(OC)cc1F. The molecule has 0 aromatic heterocycles. The third kappa shape index (κ3) is 3.89. The molecule has 19 heavy (non-hydrogen) atoms. The third-order valence-corrected chi connectivity index (χ3v) is 3.07. The molecule has 3 N–H and O–H groups in total. The second kappa shape index (κ2) is 7.43. The van der Waals surface area contributed by atoms with E-state index in [-0.39, 0.29) is 17.8 Å². The Labute approximate surface area is 114 Å². The van der Waals surface area contributed by atoms with E-state index in [2.05, 4.69) is 5.43 Å². The van der Waals surface area contributed by atoms with Crippen LogP contribution in [0, 0.1) is 11.7 Å². The van der Waals surface area contributed by atoms with E-state index in [0.29, 0.717) is 17.9 Å². The summed E-state index contributed by atoms with van der Waals surface area (Å²) in [7, 11) is 1.50. The summed E-state index contributed by atoms with van der Waals surface area (Å²) in [5, 5.41) is 0. The van der Waals surface area contributed by atoms with Gasteiger partial charge in [0.25, 0.3) is 0 Å². The molecule has 1 rings (SSSR count). The van der Waals surface area contributed by atoms with Crippen LogP contribution in [0.1, 0.15) is 32.4 Å². The van der Waals surface area contributed by atoms with Crippen LogP contribution in [-0.2, 0) is 4.74 Å². The predicted octanol–water partition coefficient (Wildman–Crippen LogP) is 2.40. The summed E-state index contributed by atoms with van der Waals surface area (Å²) in [5.74, 6) is 5.92. The van der Waals surface area contributed by atoms with Gasteiger partial charge in [0, 0.05) is 18.2 Å². The van der Waals surface area contributed by atoms with E-state index in [4.69, 9.17) is 15.3 Å². The van der Waals surface area contributed by atoms with Crippen molar-refractivity contribution >= 4 is 0 Å². The van der Waals surface area contributed by atoms with E-state index in [1.807, 2.05) is 20.8 Å². The number of methoxy groups -OCH3 is 1. The molecule has 0 aliphatic rings. The Morgan fingerprint density at radius 3 is 2.47 bits per heavy atom. The highest BCUT2D eigenvalue weighted by atomic mass is 19.1. The highest BCUT2D eigenvalue weighted by Gasteiger charge is 2.28. The van der Waals surface area contributed by atoms with Gasteiger partial charge in [-0.15, -0.1) is 0 Å². The van der Waals surface area contributed by atoms with Crippen LogP contribution in [-0.4, -0.2) is 19.8 Å². The van der Waals surface area contributed by atoms with Gasteiger partial charge in [0.15, 0.2) is 0 Å². The summed E-state index contributed by atoms with van der Waals surface area (Å²) in [4.78, 5) is 0. The van der Waals surface area contributed by atoms with Crippen molar-refractivity contribution in [3.8, 4) is 5.75 Å². The molecule has 2 atom stereocenters. The molecule has 0 heterocycles. The molecule has 0 saturated carbocycles. The molecule has 0 bridgehead atoms. The molecule has 5 heteroatoms. The number of nitrogens with two attached hydrogens (primary N) is 1. The largest absolute Gasteiger partial charge is 0.497 e. The molecule has 0 aliphatic heterocycles. The summed E-state index contributed by atoms with van der Waals surface area (Å²) in [6, 6.07) is 4.34. The minimum Gasteiger partial charge on any atom is -0.497 e. The number of nitrogens with one attached hydrogen (secondary N) is 1. The van der Waals surface area contributed by atoms with Crippen LogP contribution in [0.4, 0.5) is 4.39 Å². The molecule has 2 unspecified atom stereocenters. The fourth-order valence-electron chi connectivity index (χ4n) is 2.11. The van der Waals surface area contributed by atoms with Crippen LogP contribution in [0.15, 0.2) is 18.2 Å². The fourth-order valence-corrected chi connectivity index (χ4v) is 2.11. The molecule has 1 aromatic carbocycles. The molecule has 0 spiro atoms. The average Bonchev–Trinajstić information content (AvgIpc) is 2.39. The Hall–Kier alpha value is -1.17. The zero-order chi connectivity index (χ0) is 14.4. The summed E-state index contributed by atoms with van der Waals surface area (Å²) >= 11 is 0. The lowest BCUT2D eigenvalue weighted by molar-refractivity contribution is 0.00194. The normalized spacial score (nSPS) is 14.5. The fraction of sp³-hybridized carbons (Fsp3) is 0.571. The third-order valence-electron chi connectivity index (χ3n) is 3.07. The molecule has 4 nitrogen and oxygen atoms in total. The van der Waals surface area contributed by atoms with E-state index in [9.17, 15) is 4.39 Å². The number of halogens is 1. The summed E-state index contributed by atoms with van der Waals surface area (Å²) < 4.78 is 24.8. The van der Waals surface area contributed by atoms with Crippen molar-refractivity contribution in [2.75, 3.05) is 13.7 Å². The van der Waals surface area contributed by atoms with Crippen LogP contribution in [0.5, 0.6) is 5.75 Å². The topological polar surface area (TPSA) is 56.5 Å². The number of hydrazine groups is 1. The molecule has 108 valence electrons. The molecular weight excluding hydrogens is 247 g/mol. The first kappa shape index (κ1) is 15.9. The van der Waals surface area contributed by atoms with Crippen LogP contribution < -0.4 is 16.0 Å². The second-order valence-corrected chi connectivity index (χ2v) is 4.70. The Morgan fingerprint density at radius 2 is 2.05 bits per heavy atom. The minimum absolute atomic E-state index is 0.196. The molecule has 0 radical (unpaired) electrons. The summed E-state index contributed by atoms with van der Waals surface area (Å²) in [6.45, 7) is 6.50. The Morgan fingerprint density at radius 1 is 1.37 bits per heavy atom. The molecule has 0 amide bonds. The van der Waals surface area contributed by atoms with Crippen molar-refractivity contribution in [3.63, 3.8) is 0 Å². The lowest BCUT2D eigenvalue weighted by Gasteiger charge is -2.30. The quantitative estimate of drug-likeness (QED) is 0.590. The van der Waals surface area contributed by atoms with Gasteiger partial charge in [-0.1, -0.05) is 19.9 Å². The van der Waals surface area contributed by atoms with Crippen molar-refractivity contribution < 1.29 is 13.9 Å². The van der Waals surface area contributed by atoms with Gasteiger partial charge < -0.3 is 9.47 Å². The Kier molecular flexibility index (Phi) is 6.21. The molecule has 0 aliphatic carbocycles. The van der Waals surface area contributed by atoms with Crippen molar-refractivity contribution in [2.24, 2.45) is 11.8 Å². The predicted molar refractivity (Wildman–Crippen MR) is 73.3 cm³/mol. The van der Waals surface area contributed by atoms with E-state index in [1.165, 1.54) is 13.2 Å². The van der Waals surface area contributed by atoms with Crippen LogP contribution >= 0.6 is 0 Å². The zero-order valence-corrected chi connectivity index (χ0v) is 11.9. The van der Waals surface area contributed by atoms with Crippen LogP contribution in [0.25, 0.3) is 0 Å². The van der Waals surface area contributed by atoms with Crippen LogP contribution in [0.2, 0.25) is 0 Å². The lowest BCUT2D eigenvalue weighted by atomic mass is 9.93. The monoisotopic (exact) mass is 270 g/mol. The number of ether oxygens (including phenoxy) is 2. The maximum atomic E-state index is 14.1. The number of hydrogen-bond donors (Lipinski definition) is 2. The van der Waals surface area contributed by atoms with Gasteiger partial charge in [-0.25, -0.2) is 4.39 Å². The second-order valence-electron chi connectivity index (χ2n) is 4.70. The van der Waals surface area contributed by atoms with Crippen molar-refractivity contribution in [1.82, 2.24) is 5.43 Å². The van der Waals surface area contributed by atoms with Gasteiger partial charge in [-0.05, 0) is 18.9 Å². The molecule has 0 saturated heterocycles. The average molecular weight is 270 g/mol. The van der Waals surface area contributed by atoms with E-state index in [0.717, 1.165) is 0 Å². The molecular formula is C14H23FN2O2. The first-order chi connectivity index (χ1) is 9.04. The first-order valence-corrected chi connectivity index (χ1v) is 6.46. The smallest absolute Gasteiger partial charge is 0.131 e. The first-order valence-electron chi connectivity index (χ1n) is 6.46. The highest BCUT2D eigenvalue weighted by molar-refractivity contribution is 5.31. The highest BCUT2D eigenvalue weighted by Crippen LogP contribution is 2.28. The van der Waals surface area contributed by atoms with Gasteiger partial charge >= 0.3 is 0 Å². The van der Waals surface area contributed by atoms with Gasteiger partial charge in [0.05, 0.1) is 19.3 Å². The summed E-state index contributed by atoms with van der Waals surface area (Å²) in [6.07, 6.45) is -0.196. The van der Waals surface area contributed by atoms with Gasteiger partial charge in [0.2, 0.25) is 0 Å². The minimum atomic E-state index is -0.397. The van der Waals surface area contributed by atoms with Gasteiger partial charge in [-0.3, -0.25) is 11.3 Å². The Bertz CT molecular complexity index is 399. The van der Waals surface area contributed by atoms with Gasteiger partial charge in [-0.2, -0.15) is 0 Å². The zero-order valence-electron chi connectivity index (χ0n) is 11.9.